The summed E-state index contributed by atoms with van der Waals surface area (Å²) >= 11 is 0. The summed E-state index contributed by atoms with van der Waals surface area (Å²) in [5.74, 6) is 1.37. The Morgan fingerprint density at radius 2 is 1.64 bits per heavy atom. The minimum Gasteiger partial charge on any atom is -0.481 e. The van der Waals surface area contributed by atoms with Crippen LogP contribution in [0.1, 0.15) is 77.0 Å². The van der Waals surface area contributed by atoms with E-state index >= 15 is 0 Å². The number of carboxylic acids is 1. The first kappa shape index (κ1) is 17.3. The zero-order valence-corrected chi connectivity index (χ0v) is 13.7. The van der Waals surface area contributed by atoms with Gasteiger partial charge in [0.25, 0.3) is 0 Å². The van der Waals surface area contributed by atoms with Crippen molar-refractivity contribution in [1.29, 1.82) is 0 Å². The first-order valence-corrected chi connectivity index (χ1v) is 9.18. The molecule has 2 N–H and O–H groups in total. The molecule has 1 amide bonds. The van der Waals surface area contributed by atoms with E-state index in [2.05, 4.69) is 5.32 Å². The molecule has 0 aromatic heterocycles. The lowest BCUT2D eigenvalue weighted by molar-refractivity contribution is -0.137. The highest BCUT2D eigenvalue weighted by atomic mass is 16.4. The largest absolute Gasteiger partial charge is 0.481 e. The molecule has 126 valence electrons. The third-order valence-corrected chi connectivity index (χ3v) is 5.30. The number of unbranched alkanes of at least 4 members (excludes halogenated alkanes) is 4. The summed E-state index contributed by atoms with van der Waals surface area (Å²) < 4.78 is 0. The standard InChI is InChI=1S/C18H31NO3/c20-17(21)11-7-2-1-3-8-12-19-18(22)16-13-15(16)14-9-5-4-6-10-14/h14-16H,1-13H2,(H,19,22)(H,20,21). The summed E-state index contributed by atoms with van der Waals surface area (Å²) in [5, 5.41) is 11.6. The molecule has 2 unspecified atom stereocenters. The lowest BCUT2D eigenvalue weighted by atomic mass is 9.85. The Morgan fingerprint density at radius 1 is 0.955 bits per heavy atom. The van der Waals surface area contributed by atoms with E-state index in [-0.39, 0.29) is 12.3 Å². The number of hydrogen-bond donors (Lipinski definition) is 2. The van der Waals surface area contributed by atoms with Crippen LogP contribution in [0.2, 0.25) is 0 Å². The first-order chi connectivity index (χ1) is 10.7. The zero-order valence-electron chi connectivity index (χ0n) is 13.7. The topological polar surface area (TPSA) is 66.4 Å². The van der Waals surface area contributed by atoms with Gasteiger partial charge in [0.1, 0.15) is 0 Å². The van der Waals surface area contributed by atoms with E-state index in [1.54, 1.807) is 0 Å². The molecule has 4 heteroatoms. The van der Waals surface area contributed by atoms with E-state index in [1.165, 1.54) is 32.1 Å². The highest BCUT2D eigenvalue weighted by Crippen LogP contribution is 2.49. The van der Waals surface area contributed by atoms with Crippen molar-refractivity contribution in [2.75, 3.05) is 6.54 Å². The number of carboxylic acid groups (broad SMARTS) is 1. The Balaban J connectivity index is 1.44. The summed E-state index contributed by atoms with van der Waals surface area (Å²) in [6.45, 7) is 0.783. The average molecular weight is 309 g/mol. The van der Waals surface area contributed by atoms with Crippen LogP contribution in [-0.2, 0) is 9.59 Å². The number of amides is 1. The second-order valence-corrected chi connectivity index (χ2v) is 7.11. The highest BCUT2D eigenvalue weighted by Gasteiger charge is 2.47. The lowest BCUT2D eigenvalue weighted by Gasteiger charge is -2.21. The molecule has 0 aromatic rings. The summed E-state index contributed by atoms with van der Waals surface area (Å²) in [7, 11) is 0. The number of nitrogens with one attached hydrogen (secondary N) is 1. The van der Waals surface area contributed by atoms with Crippen LogP contribution in [0.15, 0.2) is 0 Å². The van der Waals surface area contributed by atoms with Crippen LogP contribution in [0, 0.1) is 17.8 Å². The van der Waals surface area contributed by atoms with E-state index in [9.17, 15) is 9.59 Å². The van der Waals surface area contributed by atoms with Crippen LogP contribution < -0.4 is 5.32 Å². The smallest absolute Gasteiger partial charge is 0.303 e. The number of carbonyl (C=O) groups is 2. The molecule has 2 saturated carbocycles. The number of hydrogen-bond acceptors (Lipinski definition) is 2. The molecule has 0 saturated heterocycles. The molecule has 4 nitrogen and oxygen atoms in total. The molecule has 0 spiro atoms. The second-order valence-electron chi connectivity index (χ2n) is 7.11. The van der Waals surface area contributed by atoms with Crippen LogP contribution in [0.4, 0.5) is 0 Å². The van der Waals surface area contributed by atoms with Gasteiger partial charge in [-0.2, -0.15) is 0 Å². The third-order valence-electron chi connectivity index (χ3n) is 5.30. The Labute approximate surface area is 134 Å². The third kappa shape index (κ3) is 5.98. The minimum absolute atomic E-state index is 0.279. The van der Waals surface area contributed by atoms with Crippen molar-refractivity contribution in [2.45, 2.75) is 77.0 Å². The monoisotopic (exact) mass is 309 g/mol. The fraction of sp³-hybridized carbons (Fsp3) is 0.889. The van der Waals surface area contributed by atoms with Crippen molar-refractivity contribution in [3.63, 3.8) is 0 Å². The van der Waals surface area contributed by atoms with Gasteiger partial charge in [-0.3, -0.25) is 9.59 Å². The Kier molecular flexibility index (Phi) is 7.20. The molecule has 0 radical (unpaired) electrons. The van der Waals surface area contributed by atoms with Crippen LogP contribution >= 0.6 is 0 Å². The first-order valence-electron chi connectivity index (χ1n) is 9.18. The molecule has 0 heterocycles. The van der Waals surface area contributed by atoms with Crippen molar-refractivity contribution < 1.29 is 14.7 Å². The van der Waals surface area contributed by atoms with Gasteiger partial charge in [0.05, 0.1) is 0 Å². The number of aliphatic carboxylic acids is 1. The van der Waals surface area contributed by atoms with Crippen molar-refractivity contribution >= 4 is 11.9 Å². The van der Waals surface area contributed by atoms with Gasteiger partial charge in [-0.25, -0.2) is 0 Å². The fourth-order valence-corrected chi connectivity index (χ4v) is 3.87. The number of carbonyl (C=O) groups excluding carboxylic acids is 1. The van der Waals surface area contributed by atoms with Crippen LogP contribution in [0.5, 0.6) is 0 Å². The van der Waals surface area contributed by atoms with E-state index in [4.69, 9.17) is 5.11 Å². The van der Waals surface area contributed by atoms with Crippen LogP contribution in [0.25, 0.3) is 0 Å². The van der Waals surface area contributed by atoms with Gasteiger partial charge in [0.15, 0.2) is 0 Å². The summed E-state index contributed by atoms with van der Waals surface area (Å²) in [4.78, 5) is 22.5. The molecule has 0 aliphatic heterocycles. The van der Waals surface area contributed by atoms with Crippen molar-refractivity contribution in [3.05, 3.63) is 0 Å². The highest BCUT2D eigenvalue weighted by molar-refractivity contribution is 5.81. The molecule has 2 rings (SSSR count). The molecule has 2 fully saturated rings. The molecule has 2 aliphatic carbocycles. The van der Waals surface area contributed by atoms with Gasteiger partial charge in [-0.15, -0.1) is 0 Å². The van der Waals surface area contributed by atoms with Crippen molar-refractivity contribution in [3.8, 4) is 0 Å². The number of rotatable bonds is 10. The maximum atomic E-state index is 12.1. The van der Waals surface area contributed by atoms with Crippen LogP contribution in [0.3, 0.4) is 0 Å². The molecular weight excluding hydrogens is 278 g/mol. The summed E-state index contributed by atoms with van der Waals surface area (Å²) in [5.41, 5.74) is 0. The van der Waals surface area contributed by atoms with Crippen molar-refractivity contribution in [2.24, 2.45) is 17.8 Å². The van der Waals surface area contributed by atoms with Crippen molar-refractivity contribution in [1.82, 2.24) is 5.32 Å². The average Bonchev–Trinajstić information content (AvgIpc) is 3.31. The summed E-state index contributed by atoms with van der Waals surface area (Å²) in [6, 6.07) is 0. The fourth-order valence-electron chi connectivity index (χ4n) is 3.87. The van der Waals surface area contributed by atoms with Gasteiger partial charge < -0.3 is 10.4 Å². The molecular formula is C18H31NO3. The molecule has 0 aromatic carbocycles. The van der Waals surface area contributed by atoms with Gasteiger partial charge in [0.2, 0.25) is 5.91 Å². The van der Waals surface area contributed by atoms with Crippen LogP contribution in [-0.4, -0.2) is 23.5 Å². The maximum Gasteiger partial charge on any atom is 0.303 e. The van der Waals surface area contributed by atoms with Gasteiger partial charge in [0, 0.05) is 18.9 Å². The molecule has 0 bridgehead atoms. The molecule has 2 atom stereocenters. The predicted molar refractivity (Wildman–Crippen MR) is 86.5 cm³/mol. The van der Waals surface area contributed by atoms with E-state index < -0.39 is 5.97 Å². The maximum absolute atomic E-state index is 12.1. The van der Waals surface area contributed by atoms with Gasteiger partial charge in [-0.1, -0.05) is 51.4 Å². The normalized spacial score (nSPS) is 24.9. The Morgan fingerprint density at radius 3 is 2.36 bits per heavy atom. The zero-order chi connectivity index (χ0) is 15.8. The Bertz CT molecular complexity index is 363. The predicted octanol–water partition coefficient (Wildman–Crippen LogP) is 3.74. The molecule has 2 aliphatic rings. The van der Waals surface area contributed by atoms with Gasteiger partial charge in [-0.05, 0) is 31.1 Å². The lowest BCUT2D eigenvalue weighted by Crippen LogP contribution is -2.27. The SMILES string of the molecule is O=C(O)CCCCCCCNC(=O)C1CC1C1CCCCC1. The molecule has 22 heavy (non-hydrogen) atoms. The van der Waals surface area contributed by atoms with E-state index in [0.29, 0.717) is 11.8 Å². The second kappa shape index (κ2) is 9.16. The van der Waals surface area contributed by atoms with E-state index in [0.717, 1.165) is 51.0 Å². The van der Waals surface area contributed by atoms with E-state index in [1.807, 2.05) is 0 Å². The Hall–Kier alpha value is -1.06. The quantitative estimate of drug-likeness (QED) is 0.604. The minimum atomic E-state index is -0.704. The van der Waals surface area contributed by atoms with Gasteiger partial charge >= 0.3 is 5.97 Å². The summed E-state index contributed by atoms with van der Waals surface area (Å²) in [6.07, 6.45) is 13.1.